The maximum absolute atomic E-state index is 11.3. The lowest BCUT2D eigenvalue weighted by Crippen LogP contribution is -2.26. The highest BCUT2D eigenvalue weighted by molar-refractivity contribution is 7.73. The summed E-state index contributed by atoms with van der Waals surface area (Å²) >= 11 is 0. The van der Waals surface area contributed by atoms with Crippen molar-refractivity contribution in [1.29, 1.82) is 0 Å². The molecule has 1 unspecified atom stereocenters. The minimum atomic E-state index is -2.26. The second-order valence-electron chi connectivity index (χ2n) is 5.87. The Hall–Kier alpha value is -1.63. The summed E-state index contributed by atoms with van der Waals surface area (Å²) in [4.78, 5) is 5.92. The number of rotatable bonds is 3. The molecule has 0 saturated carbocycles. The van der Waals surface area contributed by atoms with Crippen molar-refractivity contribution in [3.63, 3.8) is 0 Å². The predicted molar refractivity (Wildman–Crippen MR) is 89.7 cm³/mol. The molecule has 0 bridgehead atoms. The first-order chi connectivity index (χ1) is 10.6. The topological polar surface area (TPSA) is 65.2 Å². The number of likely N-dealkylation sites (N-methyl/N-ethyl adjacent to an activating group) is 1. The molecule has 1 aliphatic heterocycles. The van der Waals surface area contributed by atoms with E-state index >= 15 is 0 Å². The van der Waals surface area contributed by atoms with Gasteiger partial charge in [0.1, 0.15) is 4.99 Å². The van der Waals surface area contributed by atoms with Gasteiger partial charge in [0.25, 0.3) is 0 Å². The third-order valence-electron chi connectivity index (χ3n) is 4.55. The van der Waals surface area contributed by atoms with E-state index in [9.17, 15) is 8.42 Å². The molecule has 1 atom stereocenters. The number of aromatic amines is 1. The number of nitrogens with zero attached hydrogens (tertiary/aromatic N) is 1. The van der Waals surface area contributed by atoms with Crippen LogP contribution in [0.2, 0.25) is 0 Å². The smallest absolute Gasteiger partial charge is 0.233 e. The third-order valence-corrected chi connectivity index (χ3v) is 5.32. The Labute approximate surface area is 131 Å². The summed E-state index contributed by atoms with van der Waals surface area (Å²) in [5.41, 5.74) is 3.00. The van der Waals surface area contributed by atoms with Gasteiger partial charge in [0, 0.05) is 28.7 Å². The van der Waals surface area contributed by atoms with Gasteiger partial charge in [0.15, 0.2) is 0 Å². The van der Waals surface area contributed by atoms with E-state index in [1.165, 1.54) is 18.4 Å². The van der Waals surface area contributed by atoms with E-state index in [0.717, 1.165) is 23.9 Å². The van der Waals surface area contributed by atoms with Crippen LogP contribution in [0.25, 0.3) is 10.9 Å². The van der Waals surface area contributed by atoms with Crippen LogP contribution < -0.4 is 5.32 Å². The number of aromatic nitrogens is 1. The molecule has 0 spiro atoms. The molecule has 5 nitrogen and oxygen atoms in total. The summed E-state index contributed by atoms with van der Waals surface area (Å²) in [7, 11) is 1.53. The van der Waals surface area contributed by atoms with Gasteiger partial charge in [-0.25, -0.2) is 0 Å². The van der Waals surface area contributed by atoms with Crippen LogP contribution in [0.1, 0.15) is 24.0 Å². The summed E-state index contributed by atoms with van der Waals surface area (Å²) in [5.74, 6) is 0. The Morgan fingerprint density at radius 3 is 2.91 bits per heavy atom. The molecule has 1 aromatic heterocycles. The molecule has 0 aliphatic carbocycles. The van der Waals surface area contributed by atoms with Gasteiger partial charge in [0.05, 0.1) is 0 Å². The van der Waals surface area contributed by atoms with Crippen LogP contribution in [0.3, 0.4) is 0 Å². The summed E-state index contributed by atoms with van der Waals surface area (Å²) < 4.78 is 22.6. The van der Waals surface area contributed by atoms with Crippen molar-refractivity contribution in [2.24, 2.45) is 0 Å². The molecule has 0 radical (unpaired) electrons. The molecule has 0 amide bonds. The highest BCUT2D eigenvalue weighted by atomic mass is 32.2. The van der Waals surface area contributed by atoms with Crippen LogP contribution in [0, 0.1) is 0 Å². The monoisotopic (exact) mass is 319 g/mol. The molecule has 2 aromatic rings. The van der Waals surface area contributed by atoms with Crippen molar-refractivity contribution in [2.75, 3.05) is 20.6 Å². The van der Waals surface area contributed by atoms with Crippen molar-refractivity contribution in [2.45, 2.75) is 25.3 Å². The average Bonchev–Trinajstić information content (AvgIpc) is 3.07. The first-order valence-electron chi connectivity index (χ1n) is 7.54. The highest BCUT2D eigenvalue weighted by Gasteiger charge is 2.22. The number of likely N-dealkylation sites (tertiary alicyclic amines) is 1. The minimum absolute atomic E-state index is 0.229. The summed E-state index contributed by atoms with van der Waals surface area (Å²) in [5, 5.41) is 3.87. The van der Waals surface area contributed by atoms with Gasteiger partial charge >= 0.3 is 0 Å². The van der Waals surface area contributed by atoms with Crippen LogP contribution in [0.5, 0.6) is 0 Å². The zero-order valence-corrected chi connectivity index (χ0v) is 13.7. The van der Waals surface area contributed by atoms with E-state index in [1.54, 1.807) is 7.05 Å². The van der Waals surface area contributed by atoms with Crippen molar-refractivity contribution >= 4 is 26.2 Å². The number of benzene rings is 1. The van der Waals surface area contributed by atoms with Gasteiger partial charge in [-0.1, -0.05) is 6.07 Å². The molecular weight excluding hydrogens is 298 g/mol. The number of hydrogen-bond acceptors (Lipinski definition) is 3. The van der Waals surface area contributed by atoms with Gasteiger partial charge in [-0.2, -0.15) is 8.42 Å². The van der Waals surface area contributed by atoms with Gasteiger partial charge in [-0.05, 0) is 57.6 Å². The first kappa shape index (κ1) is 15.3. The van der Waals surface area contributed by atoms with Gasteiger partial charge in [-0.3, -0.25) is 5.32 Å². The molecule has 1 fully saturated rings. The van der Waals surface area contributed by atoms with Crippen LogP contribution >= 0.6 is 0 Å². The molecule has 3 rings (SSSR count). The Morgan fingerprint density at radius 2 is 2.27 bits per heavy atom. The van der Waals surface area contributed by atoms with Crippen molar-refractivity contribution in [3.05, 3.63) is 35.5 Å². The summed E-state index contributed by atoms with van der Waals surface area (Å²) in [6.45, 7) is 1.16. The standard InChI is InChI=1S/C16H21N3O2S/c1-17-16(22(20)21)11-5-6-15-14(9-11)12(10-18-15)8-13-4-3-7-19(13)2/h5-6,9-10,13,17-18H,3-4,7-8H2,1-2H3. The normalized spacial score (nSPS) is 18.9. The van der Waals surface area contributed by atoms with Crippen LogP contribution in [0.15, 0.2) is 24.4 Å². The summed E-state index contributed by atoms with van der Waals surface area (Å²) in [6, 6.07) is 6.30. The largest absolute Gasteiger partial charge is 0.361 e. The van der Waals surface area contributed by atoms with Crippen LogP contribution in [-0.4, -0.2) is 50.0 Å². The molecule has 2 N–H and O–H groups in total. The minimum Gasteiger partial charge on any atom is -0.361 e. The van der Waals surface area contributed by atoms with Crippen molar-refractivity contribution in [3.8, 4) is 0 Å². The zero-order chi connectivity index (χ0) is 15.7. The predicted octanol–water partition coefficient (Wildman–Crippen LogP) is 1.38. The Kier molecular flexibility index (Phi) is 4.33. The van der Waals surface area contributed by atoms with E-state index in [4.69, 9.17) is 0 Å². The Bertz CT molecular complexity index is 815. The fourth-order valence-corrected chi connectivity index (χ4v) is 3.79. The lowest BCUT2D eigenvalue weighted by atomic mass is 10.0. The van der Waals surface area contributed by atoms with E-state index in [0.29, 0.717) is 11.6 Å². The zero-order valence-electron chi connectivity index (χ0n) is 12.9. The maximum atomic E-state index is 11.3. The molecule has 2 heterocycles. The molecule has 1 aromatic carbocycles. The lowest BCUT2D eigenvalue weighted by molar-refractivity contribution is 0.310. The maximum Gasteiger partial charge on any atom is 0.233 e. The molecule has 1 aliphatic rings. The SMILES string of the molecule is CNC(c1ccc2[nH]cc(CC3CCCN3C)c2c1)=S(=O)=O. The number of hydrogen-bond donors (Lipinski definition) is 2. The van der Waals surface area contributed by atoms with Gasteiger partial charge in [0.2, 0.25) is 10.3 Å². The summed E-state index contributed by atoms with van der Waals surface area (Å²) in [6.07, 6.45) is 5.52. The molecule has 22 heavy (non-hydrogen) atoms. The number of nitrogens with one attached hydrogen (secondary N) is 2. The Balaban J connectivity index is 2.00. The van der Waals surface area contributed by atoms with Crippen molar-refractivity contribution < 1.29 is 8.42 Å². The van der Waals surface area contributed by atoms with E-state index in [1.807, 2.05) is 24.4 Å². The van der Waals surface area contributed by atoms with E-state index in [-0.39, 0.29) is 4.99 Å². The van der Waals surface area contributed by atoms with Crippen LogP contribution in [0.4, 0.5) is 0 Å². The molecule has 118 valence electrons. The van der Waals surface area contributed by atoms with E-state index < -0.39 is 10.3 Å². The molecule has 6 heteroatoms. The fourth-order valence-electron chi connectivity index (χ4n) is 3.30. The lowest BCUT2D eigenvalue weighted by Gasteiger charge is -2.18. The highest BCUT2D eigenvalue weighted by Crippen LogP contribution is 2.25. The quantitative estimate of drug-likeness (QED) is 0.839. The average molecular weight is 319 g/mol. The second-order valence-corrected chi connectivity index (χ2v) is 6.75. The number of fused-ring (bicyclic) bond motifs is 1. The first-order valence-corrected chi connectivity index (χ1v) is 8.62. The van der Waals surface area contributed by atoms with Crippen LogP contribution in [-0.2, 0) is 16.7 Å². The van der Waals surface area contributed by atoms with Gasteiger partial charge < -0.3 is 9.88 Å². The number of H-pyrrole nitrogens is 1. The second kappa shape index (κ2) is 6.24. The third kappa shape index (κ3) is 2.82. The fraction of sp³-hybridized carbons (Fsp3) is 0.438. The van der Waals surface area contributed by atoms with Gasteiger partial charge in [-0.15, -0.1) is 0 Å². The Morgan fingerprint density at radius 1 is 1.45 bits per heavy atom. The van der Waals surface area contributed by atoms with Crippen molar-refractivity contribution in [1.82, 2.24) is 15.2 Å². The molecular formula is C16H21N3O2S. The van der Waals surface area contributed by atoms with E-state index in [2.05, 4.69) is 22.2 Å². The molecule has 1 saturated heterocycles.